The van der Waals surface area contributed by atoms with Crippen molar-refractivity contribution in [3.05, 3.63) is 80.1 Å². The number of nitro groups is 1. The molecule has 6 heteroatoms. The molecular formula is C17H14N2O4. The maximum atomic E-state index is 12.5. The van der Waals surface area contributed by atoms with Gasteiger partial charge in [0.1, 0.15) is 0 Å². The number of pyridine rings is 1. The highest BCUT2D eigenvalue weighted by Gasteiger charge is 2.25. The molecule has 2 aromatic carbocycles. The van der Waals surface area contributed by atoms with E-state index in [0.717, 1.165) is 11.1 Å². The molecule has 0 unspecified atom stereocenters. The molecule has 3 aromatic rings. The molecule has 116 valence electrons. The zero-order valence-corrected chi connectivity index (χ0v) is 12.4. The first-order chi connectivity index (χ1) is 11.0. The highest BCUT2D eigenvalue weighted by atomic mass is 16.6. The zero-order chi connectivity index (χ0) is 16.6. The quantitative estimate of drug-likeness (QED) is 0.595. The Balaban J connectivity index is 2.34. The Kier molecular flexibility index (Phi) is 3.57. The van der Waals surface area contributed by atoms with E-state index in [4.69, 9.17) is 0 Å². The molecule has 0 saturated heterocycles. The second-order valence-electron chi connectivity index (χ2n) is 5.29. The second kappa shape index (κ2) is 5.57. The molecule has 0 atom stereocenters. The summed E-state index contributed by atoms with van der Waals surface area (Å²) in [6.07, 6.45) is 0. The van der Waals surface area contributed by atoms with E-state index in [1.807, 2.05) is 31.2 Å². The number of aryl methyl sites for hydroxylation is 1. The van der Waals surface area contributed by atoms with Crippen LogP contribution >= 0.6 is 0 Å². The molecule has 0 saturated carbocycles. The molecule has 6 nitrogen and oxygen atoms in total. The van der Waals surface area contributed by atoms with Gasteiger partial charge in [0.15, 0.2) is 0 Å². The van der Waals surface area contributed by atoms with Crippen LogP contribution in [0.2, 0.25) is 0 Å². The fourth-order valence-electron chi connectivity index (χ4n) is 2.65. The topological polar surface area (TPSA) is 85.4 Å². The Morgan fingerprint density at radius 1 is 1.13 bits per heavy atom. The molecule has 1 aromatic heterocycles. The number of para-hydroxylation sites is 1. The smallest absolute Gasteiger partial charge is 0.375 e. The van der Waals surface area contributed by atoms with Gasteiger partial charge in [0.05, 0.1) is 17.0 Å². The molecule has 0 radical (unpaired) electrons. The van der Waals surface area contributed by atoms with Crippen molar-refractivity contribution in [1.29, 1.82) is 0 Å². The molecule has 0 aliphatic rings. The van der Waals surface area contributed by atoms with Crippen molar-refractivity contribution in [1.82, 2.24) is 4.57 Å². The Morgan fingerprint density at radius 3 is 2.48 bits per heavy atom. The number of aromatic hydroxyl groups is 1. The van der Waals surface area contributed by atoms with Crippen molar-refractivity contribution in [2.24, 2.45) is 0 Å². The van der Waals surface area contributed by atoms with Crippen LogP contribution in [-0.4, -0.2) is 14.6 Å². The minimum atomic E-state index is -0.835. The average Bonchev–Trinajstić information content (AvgIpc) is 2.53. The van der Waals surface area contributed by atoms with Gasteiger partial charge in [-0.3, -0.25) is 19.5 Å². The van der Waals surface area contributed by atoms with E-state index in [0.29, 0.717) is 5.52 Å². The lowest BCUT2D eigenvalue weighted by Crippen LogP contribution is -2.24. The van der Waals surface area contributed by atoms with Gasteiger partial charge in [-0.05, 0) is 30.2 Å². The third-order valence-electron chi connectivity index (χ3n) is 3.89. The lowest BCUT2D eigenvalue weighted by Gasteiger charge is -2.13. The van der Waals surface area contributed by atoms with E-state index in [1.165, 1.54) is 4.57 Å². The van der Waals surface area contributed by atoms with Gasteiger partial charge in [-0.2, -0.15) is 0 Å². The van der Waals surface area contributed by atoms with E-state index in [-0.39, 0.29) is 11.9 Å². The third-order valence-corrected chi connectivity index (χ3v) is 3.89. The largest absolute Gasteiger partial charge is 0.501 e. The number of benzene rings is 2. The second-order valence-corrected chi connectivity index (χ2v) is 5.29. The van der Waals surface area contributed by atoms with Crippen molar-refractivity contribution in [2.75, 3.05) is 0 Å². The maximum absolute atomic E-state index is 12.5. The zero-order valence-electron chi connectivity index (χ0n) is 12.4. The fraction of sp³-hybridized carbons (Fsp3) is 0.118. The van der Waals surface area contributed by atoms with Crippen molar-refractivity contribution in [3.8, 4) is 5.75 Å². The van der Waals surface area contributed by atoms with E-state index in [2.05, 4.69) is 0 Å². The Hall–Kier alpha value is -3.15. The van der Waals surface area contributed by atoms with Crippen LogP contribution in [0.1, 0.15) is 11.1 Å². The van der Waals surface area contributed by atoms with Gasteiger partial charge in [0.2, 0.25) is 5.75 Å². The van der Waals surface area contributed by atoms with Crippen LogP contribution in [0.25, 0.3) is 10.9 Å². The van der Waals surface area contributed by atoms with E-state index in [1.54, 1.807) is 24.3 Å². The van der Waals surface area contributed by atoms with Crippen LogP contribution < -0.4 is 5.56 Å². The monoisotopic (exact) mass is 310 g/mol. The highest BCUT2D eigenvalue weighted by molar-refractivity contribution is 5.88. The SMILES string of the molecule is Cc1ccccc1Cn1c(=O)c([N+](=O)[O-])c(O)c2ccccc21. The van der Waals surface area contributed by atoms with Gasteiger partial charge < -0.3 is 5.11 Å². The minimum absolute atomic E-state index is 0.202. The maximum Gasteiger partial charge on any atom is 0.375 e. The summed E-state index contributed by atoms with van der Waals surface area (Å²) in [6.45, 7) is 2.12. The lowest BCUT2D eigenvalue weighted by molar-refractivity contribution is -0.387. The minimum Gasteiger partial charge on any atom is -0.501 e. The number of fused-ring (bicyclic) bond motifs is 1. The highest BCUT2D eigenvalue weighted by Crippen LogP contribution is 2.31. The summed E-state index contributed by atoms with van der Waals surface area (Å²) in [6, 6.07) is 14.1. The molecule has 1 heterocycles. The van der Waals surface area contributed by atoms with E-state index < -0.39 is 21.9 Å². The summed E-state index contributed by atoms with van der Waals surface area (Å²) in [5.74, 6) is -0.586. The first-order valence-electron chi connectivity index (χ1n) is 7.04. The fourth-order valence-corrected chi connectivity index (χ4v) is 2.65. The molecule has 23 heavy (non-hydrogen) atoms. The Bertz CT molecular complexity index is 976. The summed E-state index contributed by atoms with van der Waals surface area (Å²) in [5.41, 5.74) is 0.731. The van der Waals surface area contributed by atoms with Crippen molar-refractivity contribution < 1.29 is 10.0 Å². The molecule has 0 bridgehead atoms. The summed E-state index contributed by atoms with van der Waals surface area (Å²) >= 11 is 0. The summed E-state index contributed by atoms with van der Waals surface area (Å²) in [7, 11) is 0. The van der Waals surface area contributed by atoms with Gasteiger partial charge in [-0.1, -0.05) is 36.4 Å². The van der Waals surface area contributed by atoms with Crippen LogP contribution in [0.4, 0.5) is 5.69 Å². The summed E-state index contributed by atoms with van der Waals surface area (Å²) in [5, 5.41) is 21.6. The van der Waals surface area contributed by atoms with Crippen LogP contribution in [-0.2, 0) is 6.54 Å². The average molecular weight is 310 g/mol. The van der Waals surface area contributed by atoms with Gasteiger partial charge in [-0.25, -0.2) is 0 Å². The molecule has 3 rings (SSSR count). The normalized spacial score (nSPS) is 10.8. The number of rotatable bonds is 3. The predicted octanol–water partition coefficient (Wildman–Crippen LogP) is 2.97. The van der Waals surface area contributed by atoms with Crippen LogP contribution in [0, 0.1) is 17.0 Å². The molecule has 0 amide bonds. The van der Waals surface area contributed by atoms with E-state index >= 15 is 0 Å². The van der Waals surface area contributed by atoms with Gasteiger partial charge in [0.25, 0.3) is 0 Å². The molecule has 1 N–H and O–H groups in total. The van der Waals surface area contributed by atoms with Crippen molar-refractivity contribution >= 4 is 16.6 Å². The standard InChI is InChI=1S/C17H14N2O4/c1-11-6-2-3-7-12(11)10-18-14-9-5-4-8-13(14)16(20)15(17(18)21)19(22)23/h2-9,20H,10H2,1H3. The Labute approximate surface area is 131 Å². The van der Waals surface area contributed by atoms with Gasteiger partial charge >= 0.3 is 11.2 Å². The summed E-state index contributed by atoms with van der Waals surface area (Å²) in [4.78, 5) is 22.9. The first kappa shape index (κ1) is 14.8. The van der Waals surface area contributed by atoms with E-state index in [9.17, 15) is 20.0 Å². The van der Waals surface area contributed by atoms with Crippen molar-refractivity contribution in [3.63, 3.8) is 0 Å². The number of hydrogen-bond donors (Lipinski definition) is 1. The number of aromatic nitrogens is 1. The number of nitrogens with zero attached hydrogens (tertiary/aromatic N) is 2. The molecule has 0 aliphatic heterocycles. The predicted molar refractivity (Wildman–Crippen MR) is 86.8 cm³/mol. The molecular weight excluding hydrogens is 296 g/mol. The van der Waals surface area contributed by atoms with Gasteiger partial charge in [-0.15, -0.1) is 0 Å². The van der Waals surface area contributed by atoms with Crippen molar-refractivity contribution in [2.45, 2.75) is 13.5 Å². The van der Waals surface area contributed by atoms with Gasteiger partial charge in [0, 0.05) is 5.39 Å². The third kappa shape index (κ3) is 2.44. The Morgan fingerprint density at radius 2 is 1.78 bits per heavy atom. The first-order valence-corrected chi connectivity index (χ1v) is 7.04. The number of hydrogen-bond acceptors (Lipinski definition) is 4. The van der Waals surface area contributed by atoms with Crippen LogP contribution in [0.15, 0.2) is 53.3 Å². The molecule has 0 aliphatic carbocycles. The lowest BCUT2D eigenvalue weighted by atomic mass is 10.1. The summed E-state index contributed by atoms with van der Waals surface area (Å²) < 4.78 is 1.33. The molecule has 0 fully saturated rings. The molecule has 0 spiro atoms. The van der Waals surface area contributed by atoms with Crippen LogP contribution in [0.3, 0.4) is 0 Å². The van der Waals surface area contributed by atoms with Crippen LogP contribution in [0.5, 0.6) is 5.75 Å².